The molecule has 5 heterocycles. The van der Waals surface area contributed by atoms with Gasteiger partial charge in [0.05, 0.1) is 77.6 Å². The van der Waals surface area contributed by atoms with Gasteiger partial charge >= 0.3 is 5.97 Å². The van der Waals surface area contributed by atoms with Gasteiger partial charge in [-0.15, -0.1) is 0 Å². The number of H-pyrrole nitrogens is 2. The Labute approximate surface area is 551 Å². The van der Waals surface area contributed by atoms with Crippen molar-refractivity contribution in [1.29, 1.82) is 0 Å². The second-order valence-corrected chi connectivity index (χ2v) is 33.6. The normalized spacial score (nSPS) is 50.3. The minimum atomic E-state index is -1.73. The predicted molar refractivity (Wildman–Crippen MR) is 345 cm³/mol. The van der Waals surface area contributed by atoms with Crippen molar-refractivity contribution >= 4 is 17.7 Å². The Morgan fingerprint density at radius 1 is 0.915 bits per heavy atom. The first-order valence-corrected chi connectivity index (χ1v) is 35.9. The molecule has 0 radical (unpaired) electrons. The Bertz CT molecular complexity index is 3360. The summed E-state index contributed by atoms with van der Waals surface area (Å²) in [5, 5.41) is 125. The molecule has 2 aromatic heterocycles. The largest absolute Gasteiger partial charge is 0.481 e. The molecule has 30 unspecified atom stereocenters. The molecule has 30 atom stereocenters. The van der Waals surface area contributed by atoms with E-state index in [1.807, 2.05) is 13.0 Å². The molecular formula is C72H105N9O13. The number of hydrogen-bond donors (Lipinski definition) is 16. The smallest absolute Gasteiger partial charge is 0.310 e. The van der Waals surface area contributed by atoms with E-state index in [1.165, 1.54) is 12.8 Å². The molecule has 3 aliphatic heterocycles. The first-order chi connectivity index (χ1) is 44.9. The van der Waals surface area contributed by atoms with E-state index in [2.05, 4.69) is 87.9 Å². The van der Waals surface area contributed by atoms with Gasteiger partial charge in [0.1, 0.15) is 30.4 Å². The van der Waals surface area contributed by atoms with Crippen molar-refractivity contribution < 1.29 is 65.0 Å². The fourth-order valence-electron chi connectivity index (χ4n) is 25.8. The van der Waals surface area contributed by atoms with Crippen molar-refractivity contribution in [2.24, 2.45) is 114 Å². The van der Waals surface area contributed by atoms with E-state index in [0.29, 0.717) is 107 Å². The van der Waals surface area contributed by atoms with Gasteiger partial charge in [-0.05, 0) is 140 Å². The fraction of sp³-hybridized carbons (Fsp3) is 0.806. The average Bonchev–Trinajstić information content (AvgIpc) is 0.829. The highest BCUT2D eigenvalue weighted by Gasteiger charge is 2.83. The molecule has 94 heavy (non-hydrogen) atoms. The van der Waals surface area contributed by atoms with Crippen LogP contribution in [0.15, 0.2) is 42.7 Å². The molecule has 2 saturated heterocycles. The number of carboxylic acid groups (broad SMARTS) is 1. The first kappa shape index (κ1) is 65.6. The summed E-state index contributed by atoms with van der Waals surface area (Å²) in [6.45, 7) is 11.9. The lowest BCUT2D eigenvalue weighted by Gasteiger charge is -2.80. The number of nitrogens with one attached hydrogen (secondary N) is 6. The molecule has 2 aromatic rings. The highest BCUT2D eigenvalue weighted by Crippen LogP contribution is 2.85. The third-order valence-corrected chi connectivity index (χ3v) is 29.8. The number of hydrogen-bond acceptors (Lipinski definition) is 18. The molecule has 1 amide bonds. The summed E-state index contributed by atoms with van der Waals surface area (Å²) >= 11 is 0. The number of allylic oxidation sites excluding steroid dienone is 3. The van der Waals surface area contributed by atoms with Crippen LogP contribution < -0.4 is 27.0 Å². The van der Waals surface area contributed by atoms with Crippen LogP contribution in [0.1, 0.15) is 142 Å². The van der Waals surface area contributed by atoms with Crippen molar-refractivity contribution in [3.63, 3.8) is 0 Å². The number of amides is 1. The molecule has 1 spiro atoms. The Morgan fingerprint density at radius 3 is 2.48 bits per heavy atom. The molecule has 17 N–H and O–H groups in total. The number of carboxylic acids is 1. The standard InChI is InChI=1S/C72H105N9O13/c1-37-9-6-11-39(25-37)76-24-23-74-29-41(58(73)89)56(88)72(49-31-75-35-79-49)20-13-40-50-53(86)57(94-60-54(87)52(85)47(84)32-93-60)65(3,34-83)48-14-19-69-16-8-15-68(61(69)66(48,50)4,18-12-38-10-7-17-70(38)51(40)55(72)81-62(70)90)28-43-44-27-64(2,33-82)21-22-71(44,63(91)92)45-30-77-59-46(78-36-80-59)26-42(45)67(43,69)5/h13,20,28,31,35-42,44-45,47-48,50-58,60-61,74,76-77,82-89H,6-11,14-17,19,21-27,29-30,32-34,73H2,1-5H3,(H,75,79)(H,78,80)(H,81,90)(H,91,92). The minimum absolute atomic E-state index is 0.100. The number of carbonyl (C=O) groups excluding carboxylic acids is 1. The summed E-state index contributed by atoms with van der Waals surface area (Å²) in [6.07, 6.45) is 11.0. The van der Waals surface area contributed by atoms with Crippen LogP contribution in [0.25, 0.3) is 0 Å². The van der Waals surface area contributed by atoms with Crippen molar-refractivity contribution in [3.05, 3.63) is 54.0 Å². The lowest BCUT2D eigenvalue weighted by Crippen LogP contribution is -2.78. The van der Waals surface area contributed by atoms with Crippen LogP contribution in [0.4, 0.5) is 5.82 Å². The summed E-state index contributed by atoms with van der Waals surface area (Å²) < 4.78 is 13.2. The quantitative estimate of drug-likeness (QED) is 0.0400. The van der Waals surface area contributed by atoms with Gasteiger partial charge in [0, 0.05) is 79.8 Å². The van der Waals surface area contributed by atoms with Crippen LogP contribution in [-0.4, -0.2) is 185 Å². The highest BCUT2D eigenvalue weighted by atomic mass is 16.7. The zero-order valence-corrected chi connectivity index (χ0v) is 55.5. The van der Waals surface area contributed by atoms with E-state index in [1.54, 1.807) is 18.9 Å². The van der Waals surface area contributed by atoms with Crippen molar-refractivity contribution in [1.82, 2.24) is 35.9 Å². The maximum absolute atomic E-state index is 16.4. The predicted octanol–water partition coefficient (Wildman–Crippen LogP) is 3.22. The van der Waals surface area contributed by atoms with E-state index >= 15 is 4.79 Å². The molecule has 10 aliphatic carbocycles. The number of imidazole rings is 2. The zero-order valence-electron chi connectivity index (χ0n) is 55.5. The van der Waals surface area contributed by atoms with Crippen LogP contribution >= 0.6 is 0 Å². The summed E-state index contributed by atoms with van der Waals surface area (Å²) in [4.78, 5) is 47.6. The molecular weight excluding hydrogens is 1200 g/mol. The van der Waals surface area contributed by atoms with Crippen LogP contribution in [0, 0.1) is 120 Å². The monoisotopic (exact) mass is 1300 g/mol. The lowest BCUT2D eigenvalue weighted by molar-refractivity contribution is -0.353. The van der Waals surface area contributed by atoms with E-state index < -0.39 is 158 Å². The fourth-order valence-corrected chi connectivity index (χ4v) is 25.8. The van der Waals surface area contributed by atoms with Crippen molar-refractivity contribution in [2.75, 3.05) is 51.3 Å². The molecule has 7 saturated carbocycles. The van der Waals surface area contributed by atoms with Gasteiger partial charge < -0.3 is 92.4 Å². The number of aliphatic hydroxyl groups is 8. The maximum Gasteiger partial charge on any atom is 0.310 e. The van der Waals surface area contributed by atoms with E-state index in [-0.39, 0.29) is 43.4 Å². The number of aliphatic hydroxyl groups excluding tert-OH is 8. The molecule has 2 bridgehead atoms. The van der Waals surface area contributed by atoms with Gasteiger partial charge in [0.25, 0.3) is 0 Å². The SMILES string of the molecule is CC1CCCC(NCCNCC(C(N)O)C(O)C2(c3cnc[nH]3)C=CC3C4C2NC(=O)C42CCCC2C#CC24C=C5C6CC(C)(CO)CCC6(C(=O)O)C6CNc7nc[nH]c7CC6C5(C)C5(CCC2)CCC2C(C)(CO)C(OC6OCC(O)C(O)C6O)C(O)C3C2(C)C45)C1. The number of anilines is 1. The van der Waals surface area contributed by atoms with Gasteiger partial charge in [-0.25, -0.2) is 9.97 Å². The summed E-state index contributed by atoms with van der Waals surface area (Å²) in [5.74, 6) is 2.78. The molecule has 13 aliphatic rings. The summed E-state index contributed by atoms with van der Waals surface area (Å²) in [7, 11) is 0. The third-order valence-electron chi connectivity index (χ3n) is 29.8. The number of ether oxygens (including phenoxy) is 2. The Morgan fingerprint density at radius 2 is 1.73 bits per heavy atom. The van der Waals surface area contributed by atoms with E-state index in [9.17, 15) is 50.8 Å². The molecule has 0 aromatic carbocycles. The summed E-state index contributed by atoms with van der Waals surface area (Å²) in [6, 6.07) is -0.504. The van der Waals surface area contributed by atoms with Gasteiger partial charge in [-0.2, -0.15) is 0 Å². The van der Waals surface area contributed by atoms with Gasteiger partial charge in [-0.3, -0.25) is 9.59 Å². The van der Waals surface area contributed by atoms with Crippen molar-refractivity contribution in [2.45, 2.75) is 204 Å². The van der Waals surface area contributed by atoms with Gasteiger partial charge in [0.15, 0.2) is 6.29 Å². The zero-order chi connectivity index (χ0) is 66.1. The van der Waals surface area contributed by atoms with Crippen LogP contribution in [0.3, 0.4) is 0 Å². The van der Waals surface area contributed by atoms with Crippen LogP contribution in [0.2, 0.25) is 0 Å². The second kappa shape index (κ2) is 23.1. The Balaban J connectivity index is 0.957. The third kappa shape index (κ3) is 8.80. The second-order valence-electron chi connectivity index (χ2n) is 33.6. The van der Waals surface area contributed by atoms with E-state index in [4.69, 9.17) is 20.2 Å². The first-order valence-electron chi connectivity index (χ1n) is 35.9. The van der Waals surface area contributed by atoms with Crippen LogP contribution in [-0.2, 0) is 30.9 Å². The number of nitrogens with two attached hydrogens (primary N) is 1. The number of aliphatic carboxylic acids is 1. The molecule has 22 heteroatoms. The maximum atomic E-state index is 16.4. The van der Waals surface area contributed by atoms with E-state index in [0.717, 1.165) is 37.0 Å². The van der Waals surface area contributed by atoms with Crippen LogP contribution in [0.5, 0.6) is 0 Å². The van der Waals surface area contributed by atoms with Crippen molar-refractivity contribution in [3.8, 4) is 11.8 Å². The Kier molecular flexibility index (Phi) is 16.1. The highest BCUT2D eigenvalue weighted by molar-refractivity contribution is 5.88. The number of aromatic amines is 2. The number of nitrogens with zero attached hydrogens (tertiary/aromatic N) is 2. The number of fused-ring (bicyclic) bond motifs is 8. The summed E-state index contributed by atoms with van der Waals surface area (Å²) in [5.41, 5.74) is -0.0816. The Hall–Kier alpha value is -4.32. The molecule has 15 rings (SSSR count). The number of aromatic nitrogens is 4. The molecule has 516 valence electrons. The number of rotatable bonds is 15. The lowest BCUT2D eigenvalue weighted by atomic mass is 9.23. The minimum Gasteiger partial charge on any atom is -0.481 e. The van der Waals surface area contributed by atoms with Gasteiger partial charge in [0.2, 0.25) is 5.91 Å². The number of carbonyl (C=O) groups is 2. The van der Waals surface area contributed by atoms with Gasteiger partial charge in [-0.1, -0.05) is 95.9 Å². The molecule has 9 fully saturated rings. The molecule has 22 nitrogen and oxygen atoms in total. The average molecular weight is 1300 g/mol. The topological polar surface area (TPSA) is 366 Å².